The number of Topliss-reactive ketones (excluding diaryl/α,β-unsaturated/α-hetero) is 1. The Hall–Kier alpha value is -4.35. The van der Waals surface area contributed by atoms with E-state index < -0.39 is 29.6 Å². The van der Waals surface area contributed by atoms with Crippen LogP contribution in [0.15, 0.2) is 18.0 Å². The number of aromatic nitrogens is 3. The number of ketones is 1. The van der Waals surface area contributed by atoms with Crippen LogP contribution in [0, 0.1) is 31.6 Å². The molecular formula is C35H32MgN4O6-2. The number of carbonyl (C=O) groups is 4. The monoisotopic (exact) mass is 628 g/mol. The molecule has 11 heteroatoms. The van der Waals surface area contributed by atoms with Crippen LogP contribution in [-0.4, -0.2) is 59.3 Å². The average molecular weight is 629 g/mol. The van der Waals surface area contributed by atoms with Crippen LogP contribution in [0.4, 0.5) is 0 Å². The van der Waals surface area contributed by atoms with Crippen molar-refractivity contribution in [2.24, 2.45) is 17.8 Å². The summed E-state index contributed by atoms with van der Waals surface area (Å²) in [5.74, 6) is -4.07. The van der Waals surface area contributed by atoms with Crippen LogP contribution in [0.3, 0.4) is 0 Å². The van der Waals surface area contributed by atoms with Gasteiger partial charge in [0.15, 0.2) is 5.78 Å². The number of methoxy groups -OCH3 is 1. The molecule has 0 aromatic carbocycles. The second-order valence-corrected chi connectivity index (χ2v) is 11.6. The zero-order valence-electron chi connectivity index (χ0n) is 26.4. The summed E-state index contributed by atoms with van der Waals surface area (Å²) >= 11 is 0. The number of allylic oxidation sites excluding steroid dienone is 2. The molecule has 1 N–H and O–H groups in total. The zero-order chi connectivity index (χ0) is 32.3. The van der Waals surface area contributed by atoms with E-state index in [2.05, 4.69) is 6.58 Å². The molecule has 2 aliphatic heterocycles. The maximum absolute atomic E-state index is 14.0. The summed E-state index contributed by atoms with van der Waals surface area (Å²) in [5, 5.41) is 15.6. The van der Waals surface area contributed by atoms with Crippen LogP contribution in [0.25, 0.3) is 35.2 Å². The second kappa shape index (κ2) is 12.4. The van der Waals surface area contributed by atoms with E-state index in [4.69, 9.17) is 25.0 Å². The van der Waals surface area contributed by atoms with Crippen LogP contribution in [-0.2, 0) is 20.7 Å². The van der Waals surface area contributed by atoms with Gasteiger partial charge in [0.05, 0.1) is 7.11 Å². The van der Waals surface area contributed by atoms with Crippen LogP contribution in [0.5, 0.6) is 0 Å². The number of aldehydes is 1. The van der Waals surface area contributed by atoms with Crippen molar-refractivity contribution >= 4 is 76.9 Å². The number of rotatable bonds is 7. The minimum absolute atomic E-state index is 0. The minimum Gasteiger partial charge on any atom is -0.664 e. The maximum atomic E-state index is 14.0. The molecule has 1 aliphatic carbocycles. The van der Waals surface area contributed by atoms with E-state index in [0.29, 0.717) is 73.6 Å². The van der Waals surface area contributed by atoms with Crippen molar-refractivity contribution in [2.75, 3.05) is 7.11 Å². The Labute approximate surface area is 281 Å². The van der Waals surface area contributed by atoms with Gasteiger partial charge in [-0.25, -0.2) is 0 Å². The Balaban J connectivity index is 0.00000417. The molecular weight excluding hydrogens is 597 g/mol. The number of carbonyl (C=O) groups excluding carboxylic acids is 3. The van der Waals surface area contributed by atoms with E-state index in [-0.39, 0.29) is 41.8 Å². The Morgan fingerprint density at radius 3 is 2.35 bits per heavy atom. The molecule has 0 saturated carbocycles. The molecule has 1 saturated heterocycles. The van der Waals surface area contributed by atoms with Gasteiger partial charge in [-0.05, 0) is 44.1 Å². The van der Waals surface area contributed by atoms with Gasteiger partial charge in [0.1, 0.15) is 12.2 Å². The number of hydrogen-bond donors (Lipinski definition) is 1. The van der Waals surface area contributed by atoms with Crippen molar-refractivity contribution in [2.45, 2.75) is 47.0 Å². The molecule has 6 rings (SSSR count). The first-order valence-electron chi connectivity index (χ1n) is 14.9. The molecule has 46 heavy (non-hydrogen) atoms. The Morgan fingerprint density at radius 2 is 1.72 bits per heavy atom. The summed E-state index contributed by atoms with van der Waals surface area (Å²) in [4.78, 5) is 65.8. The van der Waals surface area contributed by atoms with Crippen molar-refractivity contribution in [1.29, 1.82) is 0 Å². The molecule has 3 aliphatic rings. The normalized spacial score (nSPS) is 23.6. The van der Waals surface area contributed by atoms with Crippen molar-refractivity contribution in [3.05, 3.63) is 90.1 Å². The number of aliphatic carboxylic acids is 1. The van der Waals surface area contributed by atoms with E-state index in [0.717, 1.165) is 23.0 Å². The van der Waals surface area contributed by atoms with Gasteiger partial charge in [-0.1, -0.05) is 67.0 Å². The molecule has 3 aromatic heterocycles. The number of fused-ring (bicyclic) bond motifs is 7. The fraction of sp³-hybridized carbons (Fsp3) is 0.314. The third-order valence-electron chi connectivity index (χ3n) is 9.30. The number of carboxylic acids is 1. The first-order valence-corrected chi connectivity index (χ1v) is 14.9. The van der Waals surface area contributed by atoms with Crippen LogP contribution < -0.4 is 25.7 Å². The fourth-order valence-electron chi connectivity index (χ4n) is 6.88. The summed E-state index contributed by atoms with van der Waals surface area (Å²) in [6.45, 7) is 11.6. The molecule has 3 atom stereocenters. The number of hydrogen-bond acceptors (Lipinski definition) is 5. The van der Waals surface area contributed by atoms with Crippen LogP contribution in [0.1, 0.15) is 92.4 Å². The van der Waals surface area contributed by atoms with Crippen molar-refractivity contribution in [3.8, 4) is 0 Å². The molecule has 232 valence electrons. The number of nitrogens with zero attached hydrogens (tertiary/aromatic N) is 4. The number of esters is 1. The molecule has 8 bridgehead atoms. The fourth-order valence-corrected chi connectivity index (χ4v) is 6.88. The molecule has 0 spiro atoms. The Morgan fingerprint density at radius 1 is 1.02 bits per heavy atom. The van der Waals surface area contributed by atoms with Crippen LogP contribution in [0.2, 0.25) is 0 Å². The summed E-state index contributed by atoms with van der Waals surface area (Å²) < 4.78 is 5.09. The molecule has 0 unspecified atom stereocenters. The van der Waals surface area contributed by atoms with Gasteiger partial charge in [-0.15, -0.1) is 33.5 Å². The first kappa shape index (κ1) is 33.0. The summed E-state index contributed by atoms with van der Waals surface area (Å²) in [7, 11) is 1.23. The topological polar surface area (TPSA) is 154 Å². The largest absolute Gasteiger partial charge is 2.00 e. The molecule has 0 amide bonds. The van der Waals surface area contributed by atoms with Gasteiger partial charge >= 0.3 is 35.0 Å². The Bertz CT molecular complexity index is 2020. The second-order valence-electron chi connectivity index (χ2n) is 11.6. The van der Waals surface area contributed by atoms with Crippen LogP contribution >= 0.6 is 0 Å². The smallest absolute Gasteiger partial charge is 0.664 e. The first-order chi connectivity index (χ1) is 21.5. The van der Waals surface area contributed by atoms with E-state index >= 15 is 0 Å². The zero-order valence-corrected chi connectivity index (χ0v) is 27.8. The summed E-state index contributed by atoms with van der Waals surface area (Å²) in [5.41, 5.74) is 7.21. The third kappa shape index (κ3) is 5.02. The molecule has 1 fully saturated rings. The molecule has 3 aromatic rings. The van der Waals surface area contributed by atoms with Gasteiger partial charge < -0.3 is 30.1 Å². The molecule has 10 nitrogen and oxygen atoms in total. The predicted octanol–water partition coefficient (Wildman–Crippen LogP) is 3.03. The number of ether oxygens (including phenoxy) is 1. The van der Waals surface area contributed by atoms with Gasteiger partial charge in [-0.2, -0.15) is 11.4 Å². The SMILES string of the molecule is C=Cc1c2[n-]c(c1C)/C=C1/[N-]/C(=C3\c4[n-]c(c(C)c4C(=O)[C@@H]3C(=O)OC)/C=c3\[n-]/c(c(C=O)c3CC)=C/2)[C@@H](CCC(=O)O)[C@@H]1C.[Mg+2]. The van der Waals surface area contributed by atoms with E-state index in [9.17, 15) is 24.3 Å². The standard InChI is InChI=1S/C35H34N4O6.Mg/c1-7-18-15(3)22-11-23-16(4)20(9-10-28(41)42)32(38-23)30-31(35(44)45-6)34(43)29-17(5)24(39-33(29)30)12-26-19(8-2)21(14-40)27(37-26)13-25(18)36-22;/h7,11-14,16,20,31H,1,8-10H2,2-6H3,(H3,38,39,40,41,42,43);/q-2;+2/p-2/b23-11+,27-13+;/t16-,20-,31+;/m0./s1. The maximum Gasteiger partial charge on any atom is 2.00 e. The van der Waals surface area contributed by atoms with E-state index in [1.807, 2.05) is 26.8 Å². The van der Waals surface area contributed by atoms with Crippen molar-refractivity contribution in [3.63, 3.8) is 0 Å². The molecule has 5 heterocycles. The summed E-state index contributed by atoms with van der Waals surface area (Å²) in [6, 6.07) is 0. The summed E-state index contributed by atoms with van der Waals surface area (Å²) in [6.07, 6.45) is 8.55. The number of carboxylic acid groups (broad SMARTS) is 1. The quantitative estimate of drug-likeness (QED) is 0.180. The van der Waals surface area contributed by atoms with E-state index in [1.165, 1.54) is 7.11 Å². The molecule has 0 radical (unpaired) electrons. The van der Waals surface area contributed by atoms with Crippen molar-refractivity contribution in [1.82, 2.24) is 15.0 Å². The van der Waals surface area contributed by atoms with Gasteiger partial charge in [0, 0.05) is 17.5 Å². The van der Waals surface area contributed by atoms with Gasteiger partial charge in [-0.3, -0.25) is 19.2 Å². The minimum atomic E-state index is -1.28. The average Bonchev–Trinajstić information content (AvgIpc) is 3.76. The van der Waals surface area contributed by atoms with Gasteiger partial charge in [0.25, 0.3) is 0 Å². The van der Waals surface area contributed by atoms with Crippen molar-refractivity contribution < 1.29 is 29.0 Å². The van der Waals surface area contributed by atoms with Gasteiger partial charge in [0.2, 0.25) is 0 Å². The van der Waals surface area contributed by atoms with E-state index in [1.54, 1.807) is 25.2 Å². The predicted molar refractivity (Wildman–Crippen MR) is 173 cm³/mol. The third-order valence-corrected chi connectivity index (χ3v) is 9.30. The Kier molecular flexibility index (Phi) is 8.93.